The Hall–Kier alpha value is -2.92. The third kappa shape index (κ3) is 3.61. The van der Waals surface area contributed by atoms with E-state index in [1.165, 1.54) is 0 Å². The van der Waals surface area contributed by atoms with E-state index in [0.29, 0.717) is 11.9 Å². The Bertz CT molecular complexity index is 948. The summed E-state index contributed by atoms with van der Waals surface area (Å²) in [4.78, 5) is 25.2. The number of amides is 1. The molecule has 0 fully saturated rings. The average Bonchev–Trinajstić information content (AvgIpc) is 2.64. The van der Waals surface area contributed by atoms with E-state index in [1.54, 1.807) is 25.3 Å². The number of aliphatic hydroxyl groups is 1. The smallest absolute Gasteiger partial charge is 0.257 e. The van der Waals surface area contributed by atoms with E-state index < -0.39 is 11.9 Å². The van der Waals surface area contributed by atoms with E-state index in [1.807, 2.05) is 47.0 Å². The molecule has 5 heteroatoms. The monoisotopic (exact) mass is 336 g/mol. The molecule has 128 valence electrons. The molecule has 1 heterocycles. The third-order valence-electron chi connectivity index (χ3n) is 4.08. The van der Waals surface area contributed by atoms with Gasteiger partial charge in [0.25, 0.3) is 5.91 Å². The zero-order chi connectivity index (χ0) is 17.8. The summed E-state index contributed by atoms with van der Waals surface area (Å²) in [6.07, 6.45) is 1.59. The van der Waals surface area contributed by atoms with Gasteiger partial charge in [-0.05, 0) is 24.6 Å². The zero-order valence-corrected chi connectivity index (χ0v) is 14.0. The second kappa shape index (κ2) is 7.32. The van der Waals surface area contributed by atoms with Crippen LogP contribution < -0.4 is 10.7 Å². The molecule has 0 aliphatic heterocycles. The zero-order valence-electron chi connectivity index (χ0n) is 14.0. The number of nitrogens with one attached hydrogen (secondary N) is 1. The van der Waals surface area contributed by atoms with Gasteiger partial charge in [-0.2, -0.15) is 0 Å². The van der Waals surface area contributed by atoms with Gasteiger partial charge in [-0.3, -0.25) is 9.59 Å². The highest BCUT2D eigenvalue weighted by Crippen LogP contribution is 2.14. The van der Waals surface area contributed by atoms with Crippen LogP contribution in [0.3, 0.4) is 0 Å². The summed E-state index contributed by atoms with van der Waals surface area (Å²) in [7, 11) is 0. The van der Waals surface area contributed by atoms with Crippen LogP contribution in [0.5, 0.6) is 0 Å². The fourth-order valence-corrected chi connectivity index (χ4v) is 2.77. The topological polar surface area (TPSA) is 71.3 Å². The predicted molar refractivity (Wildman–Crippen MR) is 97.8 cm³/mol. The van der Waals surface area contributed by atoms with Crippen LogP contribution in [0.4, 0.5) is 0 Å². The SMILES string of the molecule is CC(CO)NC(=O)c1cn(Cc2ccccc2)c2ccccc2c1=O. The maximum Gasteiger partial charge on any atom is 0.257 e. The molecule has 0 saturated heterocycles. The lowest BCUT2D eigenvalue weighted by molar-refractivity contribution is 0.0920. The van der Waals surface area contributed by atoms with E-state index in [0.717, 1.165) is 11.1 Å². The molecule has 1 amide bonds. The van der Waals surface area contributed by atoms with Crippen molar-refractivity contribution in [1.29, 1.82) is 0 Å². The normalized spacial score (nSPS) is 12.1. The Balaban J connectivity index is 2.11. The summed E-state index contributed by atoms with van der Waals surface area (Å²) in [5.74, 6) is -0.473. The molecule has 5 nitrogen and oxygen atoms in total. The molecular formula is C20H20N2O3. The van der Waals surface area contributed by atoms with Crippen molar-refractivity contribution in [3.63, 3.8) is 0 Å². The van der Waals surface area contributed by atoms with Gasteiger partial charge in [0.2, 0.25) is 5.43 Å². The summed E-state index contributed by atoms with van der Waals surface area (Å²) in [6.45, 7) is 2.05. The number of pyridine rings is 1. The van der Waals surface area contributed by atoms with Crippen LogP contribution in [0.25, 0.3) is 10.9 Å². The van der Waals surface area contributed by atoms with Crippen LogP contribution >= 0.6 is 0 Å². The molecule has 0 saturated carbocycles. The van der Waals surface area contributed by atoms with Crippen LogP contribution in [-0.4, -0.2) is 28.2 Å². The van der Waals surface area contributed by atoms with Crippen molar-refractivity contribution >= 4 is 16.8 Å². The Kier molecular flexibility index (Phi) is 4.95. The highest BCUT2D eigenvalue weighted by atomic mass is 16.3. The molecule has 3 rings (SSSR count). The van der Waals surface area contributed by atoms with Crippen molar-refractivity contribution in [3.8, 4) is 0 Å². The van der Waals surface area contributed by atoms with Gasteiger partial charge < -0.3 is 15.0 Å². The van der Waals surface area contributed by atoms with Gasteiger partial charge in [0, 0.05) is 24.2 Å². The van der Waals surface area contributed by atoms with Crippen molar-refractivity contribution in [2.24, 2.45) is 0 Å². The van der Waals surface area contributed by atoms with Crippen molar-refractivity contribution in [2.45, 2.75) is 19.5 Å². The minimum absolute atomic E-state index is 0.0786. The lowest BCUT2D eigenvalue weighted by Gasteiger charge is -2.15. The van der Waals surface area contributed by atoms with Gasteiger partial charge >= 0.3 is 0 Å². The number of carbonyl (C=O) groups excluding carboxylic acids is 1. The Morgan fingerprint density at radius 1 is 1.12 bits per heavy atom. The molecule has 1 aromatic heterocycles. The van der Waals surface area contributed by atoms with Crippen LogP contribution in [0.1, 0.15) is 22.8 Å². The Labute approximate surface area is 145 Å². The molecule has 1 unspecified atom stereocenters. The maximum absolute atomic E-state index is 12.7. The second-order valence-electron chi connectivity index (χ2n) is 6.06. The minimum Gasteiger partial charge on any atom is -0.394 e. The molecule has 2 N–H and O–H groups in total. The number of fused-ring (bicyclic) bond motifs is 1. The summed E-state index contributed by atoms with van der Waals surface area (Å²) in [5.41, 5.74) is 1.63. The van der Waals surface area contributed by atoms with Gasteiger partial charge in [0.05, 0.1) is 12.1 Å². The maximum atomic E-state index is 12.7. The van der Waals surface area contributed by atoms with Crippen LogP contribution in [0, 0.1) is 0 Å². The molecule has 0 bridgehead atoms. The number of hydrogen-bond donors (Lipinski definition) is 2. The second-order valence-corrected chi connectivity index (χ2v) is 6.06. The molecule has 0 radical (unpaired) electrons. The van der Waals surface area contributed by atoms with E-state index in [-0.39, 0.29) is 17.6 Å². The summed E-state index contributed by atoms with van der Waals surface area (Å²) in [6, 6.07) is 16.7. The van der Waals surface area contributed by atoms with Gasteiger partial charge in [-0.1, -0.05) is 42.5 Å². The predicted octanol–water partition coefficient (Wildman–Crippen LogP) is 2.16. The first-order valence-electron chi connectivity index (χ1n) is 8.18. The van der Waals surface area contributed by atoms with Gasteiger partial charge in [-0.15, -0.1) is 0 Å². The summed E-state index contributed by atoms with van der Waals surface area (Å²) < 4.78 is 1.91. The largest absolute Gasteiger partial charge is 0.394 e. The molecule has 0 aliphatic rings. The number of rotatable bonds is 5. The van der Waals surface area contributed by atoms with Crippen molar-refractivity contribution < 1.29 is 9.90 Å². The lowest BCUT2D eigenvalue weighted by Crippen LogP contribution is -2.37. The molecule has 3 aromatic rings. The van der Waals surface area contributed by atoms with Gasteiger partial charge in [0.15, 0.2) is 0 Å². The molecule has 0 spiro atoms. The lowest BCUT2D eigenvalue weighted by atomic mass is 10.1. The Morgan fingerprint density at radius 3 is 2.52 bits per heavy atom. The van der Waals surface area contributed by atoms with E-state index in [4.69, 9.17) is 5.11 Å². The summed E-state index contributed by atoms with van der Waals surface area (Å²) >= 11 is 0. The highest BCUT2D eigenvalue weighted by Gasteiger charge is 2.16. The van der Waals surface area contributed by atoms with Gasteiger partial charge in [-0.25, -0.2) is 0 Å². The van der Waals surface area contributed by atoms with E-state index in [2.05, 4.69) is 5.32 Å². The average molecular weight is 336 g/mol. The standard InChI is InChI=1S/C20H20N2O3/c1-14(13-23)21-20(25)17-12-22(11-15-7-3-2-4-8-15)18-10-6-5-9-16(18)19(17)24/h2-10,12,14,23H,11,13H2,1H3,(H,21,25). The van der Waals surface area contributed by atoms with Crippen molar-refractivity contribution in [2.75, 3.05) is 6.61 Å². The van der Waals surface area contributed by atoms with Gasteiger partial charge in [0.1, 0.15) is 5.56 Å². The molecule has 25 heavy (non-hydrogen) atoms. The number of nitrogens with zero attached hydrogens (tertiary/aromatic N) is 1. The molecular weight excluding hydrogens is 316 g/mol. The fourth-order valence-electron chi connectivity index (χ4n) is 2.77. The minimum atomic E-state index is -0.473. The number of para-hydroxylation sites is 1. The van der Waals surface area contributed by atoms with Crippen molar-refractivity contribution in [1.82, 2.24) is 9.88 Å². The van der Waals surface area contributed by atoms with Crippen molar-refractivity contribution in [3.05, 3.63) is 82.1 Å². The van der Waals surface area contributed by atoms with Crippen LogP contribution in [0.15, 0.2) is 65.6 Å². The molecule has 1 atom stereocenters. The Morgan fingerprint density at radius 2 is 1.80 bits per heavy atom. The number of aromatic nitrogens is 1. The highest BCUT2D eigenvalue weighted by molar-refractivity contribution is 5.97. The fraction of sp³-hybridized carbons (Fsp3) is 0.200. The number of hydrogen-bond acceptors (Lipinski definition) is 3. The molecule has 0 aliphatic carbocycles. The first-order chi connectivity index (χ1) is 12.1. The molecule has 2 aromatic carbocycles. The van der Waals surface area contributed by atoms with Crippen LogP contribution in [0.2, 0.25) is 0 Å². The van der Waals surface area contributed by atoms with Crippen LogP contribution in [-0.2, 0) is 6.54 Å². The number of benzene rings is 2. The first kappa shape index (κ1) is 16.9. The quantitative estimate of drug-likeness (QED) is 0.750. The first-order valence-corrected chi connectivity index (χ1v) is 8.18. The summed E-state index contributed by atoms with van der Waals surface area (Å²) in [5, 5.41) is 12.3. The number of aliphatic hydroxyl groups excluding tert-OH is 1. The third-order valence-corrected chi connectivity index (χ3v) is 4.08. The van der Waals surface area contributed by atoms with E-state index >= 15 is 0 Å². The number of carbonyl (C=O) groups is 1. The van der Waals surface area contributed by atoms with E-state index in [9.17, 15) is 9.59 Å².